The molecule has 0 atom stereocenters. The molecule has 0 aromatic heterocycles. The van der Waals surface area contributed by atoms with E-state index < -0.39 is 5.97 Å². The molecule has 98 valence electrons. The number of anilines is 1. The van der Waals surface area contributed by atoms with E-state index in [0.29, 0.717) is 12.1 Å². The van der Waals surface area contributed by atoms with Crippen LogP contribution < -0.4 is 5.32 Å². The molecular weight excluding hydrogens is 345 g/mol. The van der Waals surface area contributed by atoms with E-state index in [2.05, 4.69) is 5.32 Å². The van der Waals surface area contributed by atoms with Crippen LogP contribution in [0.1, 0.15) is 37.6 Å². The van der Waals surface area contributed by atoms with Crippen LogP contribution in [0.2, 0.25) is 0 Å². The van der Waals surface area contributed by atoms with E-state index in [1.807, 2.05) is 43.4 Å². The number of halogens is 1. The number of rotatable bonds is 3. The Hall–Kier alpha value is -1.11. The van der Waals surface area contributed by atoms with Gasteiger partial charge in [-0.1, -0.05) is 20.8 Å². The van der Waals surface area contributed by atoms with Crippen molar-refractivity contribution in [2.45, 2.75) is 27.2 Å². The molecule has 1 aromatic rings. The van der Waals surface area contributed by atoms with Gasteiger partial charge in [0.2, 0.25) is 5.91 Å². The Kier molecular flexibility index (Phi) is 4.72. The summed E-state index contributed by atoms with van der Waals surface area (Å²) in [6.07, 6.45) is 0.345. The van der Waals surface area contributed by atoms with Crippen molar-refractivity contribution >= 4 is 40.2 Å². The highest BCUT2D eigenvalue weighted by atomic mass is 127. The molecule has 0 fully saturated rings. The van der Waals surface area contributed by atoms with Gasteiger partial charge in [-0.15, -0.1) is 0 Å². The van der Waals surface area contributed by atoms with Gasteiger partial charge in [-0.05, 0) is 46.2 Å². The van der Waals surface area contributed by atoms with Crippen LogP contribution >= 0.6 is 22.6 Å². The number of carbonyl (C=O) groups excluding carboxylic acids is 1. The maximum atomic E-state index is 11.8. The zero-order valence-corrected chi connectivity index (χ0v) is 12.7. The van der Waals surface area contributed by atoms with E-state index in [0.717, 1.165) is 3.57 Å². The second-order valence-electron chi connectivity index (χ2n) is 5.28. The number of carbonyl (C=O) groups is 2. The highest BCUT2D eigenvalue weighted by molar-refractivity contribution is 14.1. The van der Waals surface area contributed by atoms with Crippen LogP contribution in [0.15, 0.2) is 18.2 Å². The molecule has 0 unspecified atom stereocenters. The molecule has 18 heavy (non-hydrogen) atoms. The van der Waals surface area contributed by atoms with Gasteiger partial charge in [-0.2, -0.15) is 0 Å². The van der Waals surface area contributed by atoms with Gasteiger partial charge in [0.25, 0.3) is 0 Å². The summed E-state index contributed by atoms with van der Waals surface area (Å²) in [4.78, 5) is 22.9. The minimum atomic E-state index is -1.04. The average molecular weight is 361 g/mol. The van der Waals surface area contributed by atoms with Crippen LogP contribution in [0.25, 0.3) is 0 Å². The van der Waals surface area contributed by atoms with Crippen molar-refractivity contribution < 1.29 is 14.7 Å². The summed E-state index contributed by atoms with van der Waals surface area (Å²) in [5, 5.41) is 11.7. The third-order valence-electron chi connectivity index (χ3n) is 2.18. The number of carboxylic acid groups (broad SMARTS) is 1. The van der Waals surface area contributed by atoms with Gasteiger partial charge >= 0.3 is 5.97 Å². The van der Waals surface area contributed by atoms with E-state index in [1.54, 1.807) is 12.1 Å². The molecule has 0 radical (unpaired) electrons. The summed E-state index contributed by atoms with van der Waals surface area (Å²) in [6.45, 7) is 5.87. The molecule has 0 heterocycles. The second kappa shape index (κ2) is 5.69. The van der Waals surface area contributed by atoms with Gasteiger partial charge in [0.1, 0.15) is 0 Å². The molecule has 1 aromatic carbocycles. The minimum Gasteiger partial charge on any atom is -0.478 e. The van der Waals surface area contributed by atoms with E-state index in [-0.39, 0.29) is 16.9 Å². The molecule has 0 aliphatic carbocycles. The van der Waals surface area contributed by atoms with Crippen molar-refractivity contribution in [1.29, 1.82) is 0 Å². The van der Waals surface area contributed by atoms with Gasteiger partial charge < -0.3 is 10.4 Å². The SMILES string of the molecule is CC(C)(C)CC(=O)Nc1ccc(I)cc1C(=O)O. The van der Waals surface area contributed by atoms with E-state index >= 15 is 0 Å². The monoisotopic (exact) mass is 361 g/mol. The number of aromatic carboxylic acids is 1. The summed E-state index contributed by atoms with van der Waals surface area (Å²) >= 11 is 2.04. The molecule has 1 amide bonds. The fraction of sp³-hybridized carbons (Fsp3) is 0.385. The molecule has 1 rings (SSSR count). The fourth-order valence-electron chi connectivity index (χ4n) is 1.48. The van der Waals surface area contributed by atoms with Crippen LogP contribution in [0.3, 0.4) is 0 Å². The molecule has 0 saturated heterocycles. The number of amides is 1. The second-order valence-corrected chi connectivity index (χ2v) is 6.53. The number of hydrogen-bond donors (Lipinski definition) is 2. The van der Waals surface area contributed by atoms with Crippen LogP contribution in [-0.4, -0.2) is 17.0 Å². The maximum Gasteiger partial charge on any atom is 0.337 e. The first-order valence-electron chi connectivity index (χ1n) is 5.52. The topological polar surface area (TPSA) is 66.4 Å². The number of nitrogens with one attached hydrogen (secondary N) is 1. The summed E-state index contributed by atoms with van der Waals surface area (Å²) in [7, 11) is 0. The van der Waals surface area contributed by atoms with Crippen LogP contribution in [0.4, 0.5) is 5.69 Å². The lowest BCUT2D eigenvalue weighted by Gasteiger charge is -2.17. The van der Waals surface area contributed by atoms with Crippen LogP contribution in [0.5, 0.6) is 0 Å². The minimum absolute atomic E-state index is 0.115. The molecule has 0 aliphatic rings. The third kappa shape index (κ3) is 4.64. The lowest BCUT2D eigenvalue weighted by molar-refractivity contribution is -0.117. The number of hydrogen-bond acceptors (Lipinski definition) is 2. The van der Waals surface area contributed by atoms with Crippen LogP contribution in [-0.2, 0) is 4.79 Å². The zero-order chi connectivity index (χ0) is 13.9. The third-order valence-corrected chi connectivity index (χ3v) is 2.85. The Balaban J connectivity index is 2.91. The lowest BCUT2D eigenvalue weighted by atomic mass is 9.92. The van der Waals surface area contributed by atoms with Crippen molar-refractivity contribution in [3.63, 3.8) is 0 Å². The maximum absolute atomic E-state index is 11.8. The van der Waals surface area contributed by atoms with E-state index in [1.165, 1.54) is 6.07 Å². The lowest BCUT2D eigenvalue weighted by Crippen LogP contribution is -2.21. The quantitative estimate of drug-likeness (QED) is 0.812. The summed E-state index contributed by atoms with van der Waals surface area (Å²) in [5.74, 6) is -1.22. The van der Waals surface area contributed by atoms with Gasteiger partial charge in [0.15, 0.2) is 0 Å². The summed E-state index contributed by atoms with van der Waals surface area (Å²) in [6, 6.07) is 4.92. The highest BCUT2D eigenvalue weighted by Crippen LogP contribution is 2.22. The predicted molar refractivity (Wildman–Crippen MR) is 78.8 cm³/mol. The first-order valence-corrected chi connectivity index (χ1v) is 6.59. The number of carboxylic acids is 1. The first kappa shape index (κ1) is 14.9. The molecule has 0 saturated carbocycles. The number of benzene rings is 1. The van der Waals surface area contributed by atoms with Crippen molar-refractivity contribution in [3.05, 3.63) is 27.3 Å². The van der Waals surface area contributed by atoms with E-state index in [9.17, 15) is 9.59 Å². The van der Waals surface area contributed by atoms with Crippen molar-refractivity contribution in [3.8, 4) is 0 Å². The Labute approximate surface area is 120 Å². The van der Waals surface area contributed by atoms with Gasteiger partial charge in [-0.25, -0.2) is 4.79 Å². The normalized spacial score (nSPS) is 11.1. The molecule has 0 aliphatic heterocycles. The smallest absolute Gasteiger partial charge is 0.337 e. The molecule has 5 heteroatoms. The molecule has 0 spiro atoms. The Morgan fingerprint density at radius 2 is 1.94 bits per heavy atom. The summed E-state index contributed by atoms with van der Waals surface area (Å²) < 4.78 is 0.818. The summed E-state index contributed by atoms with van der Waals surface area (Å²) in [5.41, 5.74) is 0.331. The molecule has 4 nitrogen and oxygen atoms in total. The Morgan fingerprint density at radius 3 is 2.44 bits per heavy atom. The van der Waals surface area contributed by atoms with Gasteiger partial charge in [0, 0.05) is 9.99 Å². The van der Waals surface area contributed by atoms with Gasteiger partial charge in [-0.3, -0.25) is 4.79 Å². The standard InChI is InChI=1S/C13H16INO3/c1-13(2,3)7-11(16)15-10-5-4-8(14)6-9(10)12(17)18/h4-6H,7H2,1-3H3,(H,15,16)(H,17,18). The Morgan fingerprint density at radius 1 is 1.33 bits per heavy atom. The Bertz CT molecular complexity index is 478. The molecule has 0 bridgehead atoms. The fourth-order valence-corrected chi connectivity index (χ4v) is 1.97. The van der Waals surface area contributed by atoms with Gasteiger partial charge in [0.05, 0.1) is 11.3 Å². The first-order chi connectivity index (χ1) is 8.19. The average Bonchev–Trinajstić information content (AvgIpc) is 2.17. The van der Waals surface area contributed by atoms with Crippen molar-refractivity contribution in [2.24, 2.45) is 5.41 Å². The predicted octanol–water partition coefficient (Wildman–Crippen LogP) is 3.36. The van der Waals surface area contributed by atoms with Crippen molar-refractivity contribution in [2.75, 3.05) is 5.32 Å². The zero-order valence-electron chi connectivity index (χ0n) is 10.6. The van der Waals surface area contributed by atoms with Crippen molar-refractivity contribution in [1.82, 2.24) is 0 Å². The largest absolute Gasteiger partial charge is 0.478 e. The highest BCUT2D eigenvalue weighted by Gasteiger charge is 2.18. The molecular formula is C13H16INO3. The van der Waals surface area contributed by atoms with Crippen LogP contribution in [0, 0.1) is 8.99 Å². The van der Waals surface area contributed by atoms with E-state index in [4.69, 9.17) is 5.11 Å². The molecule has 2 N–H and O–H groups in total.